The van der Waals surface area contributed by atoms with Crippen molar-refractivity contribution >= 4 is 0 Å². The van der Waals surface area contributed by atoms with Crippen LogP contribution >= 0.6 is 0 Å². The lowest BCUT2D eigenvalue weighted by molar-refractivity contribution is -0.0512. The maximum Gasteiger partial charge on any atom is 0.387 e. The first kappa shape index (κ1) is 14.5. The Balaban J connectivity index is 1.66. The fraction of sp³-hybridized carbons (Fsp3) is 0.600. The quantitative estimate of drug-likeness (QED) is 0.901. The molecule has 2 aliphatic heterocycles. The van der Waals surface area contributed by atoms with Gasteiger partial charge in [-0.2, -0.15) is 8.78 Å². The average molecular weight is 298 g/mol. The van der Waals surface area contributed by atoms with Crippen LogP contribution in [-0.4, -0.2) is 44.8 Å². The second-order valence-electron chi connectivity index (χ2n) is 5.74. The van der Waals surface area contributed by atoms with Crippen molar-refractivity contribution in [1.82, 2.24) is 10.2 Å². The number of nitrogens with zero attached hydrogens (tertiary/aromatic N) is 1. The second-order valence-corrected chi connectivity index (χ2v) is 5.74. The van der Waals surface area contributed by atoms with Gasteiger partial charge in [-0.15, -0.1) is 0 Å². The number of fused-ring (bicyclic) bond motifs is 1. The zero-order valence-electron chi connectivity index (χ0n) is 12.0. The molecule has 2 heterocycles. The number of methoxy groups -OCH3 is 1. The Morgan fingerprint density at radius 1 is 1.24 bits per heavy atom. The number of likely N-dealkylation sites (tertiary alicyclic amines) is 1. The van der Waals surface area contributed by atoms with Crippen LogP contribution in [0.2, 0.25) is 0 Å². The summed E-state index contributed by atoms with van der Waals surface area (Å²) in [6.07, 6.45) is 0. The normalized spacial score (nSPS) is 25.3. The Kier molecular flexibility index (Phi) is 4.26. The third kappa shape index (κ3) is 3.27. The molecule has 2 aliphatic rings. The lowest BCUT2D eigenvalue weighted by Crippen LogP contribution is -2.25. The highest BCUT2D eigenvalue weighted by Crippen LogP contribution is 2.32. The van der Waals surface area contributed by atoms with E-state index in [9.17, 15) is 8.78 Å². The first-order valence-electron chi connectivity index (χ1n) is 7.20. The number of rotatable bonds is 5. The lowest BCUT2D eigenvalue weighted by Gasteiger charge is -2.18. The zero-order chi connectivity index (χ0) is 14.8. The number of halogens is 2. The minimum Gasteiger partial charge on any atom is -0.493 e. The summed E-state index contributed by atoms with van der Waals surface area (Å²) >= 11 is 0. The summed E-state index contributed by atoms with van der Waals surface area (Å²) in [6.45, 7) is 2.37. The highest BCUT2D eigenvalue weighted by molar-refractivity contribution is 5.43. The van der Waals surface area contributed by atoms with Crippen LogP contribution in [0.4, 0.5) is 8.78 Å². The molecule has 4 nitrogen and oxygen atoms in total. The molecule has 21 heavy (non-hydrogen) atoms. The highest BCUT2D eigenvalue weighted by Gasteiger charge is 2.35. The van der Waals surface area contributed by atoms with Gasteiger partial charge in [-0.05, 0) is 42.6 Å². The van der Waals surface area contributed by atoms with Crippen molar-refractivity contribution in [2.75, 3.05) is 33.3 Å². The first-order valence-corrected chi connectivity index (χ1v) is 7.20. The van der Waals surface area contributed by atoms with Crippen molar-refractivity contribution in [3.63, 3.8) is 0 Å². The number of hydrogen-bond donors (Lipinski definition) is 1. The monoisotopic (exact) mass is 298 g/mol. The number of benzene rings is 1. The van der Waals surface area contributed by atoms with Crippen molar-refractivity contribution in [3.8, 4) is 11.5 Å². The van der Waals surface area contributed by atoms with Gasteiger partial charge in [0.1, 0.15) is 0 Å². The summed E-state index contributed by atoms with van der Waals surface area (Å²) in [5.41, 5.74) is 1.06. The third-order valence-electron chi connectivity index (χ3n) is 4.32. The molecule has 0 unspecified atom stereocenters. The molecule has 6 heteroatoms. The molecular formula is C15H20F2N2O2. The van der Waals surface area contributed by atoms with Gasteiger partial charge in [0.2, 0.25) is 0 Å². The van der Waals surface area contributed by atoms with Gasteiger partial charge in [0.25, 0.3) is 0 Å². The molecule has 0 spiro atoms. The maximum absolute atomic E-state index is 12.3. The summed E-state index contributed by atoms with van der Waals surface area (Å²) in [5.74, 6) is 1.93. The van der Waals surface area contributed by atoms with Gasteiger partial charge in [0.05, 0.1) is 7.11 Å². The van der Waals surface area contributed by atoms with Gasteiger partial charge >= 0.3 is 6.61 Å². The van der Waals surface area contributed by atoms with Crippen LogP contribution in [0.25, 0.3) is 0 Å². The van der Waals surface area contributed by atoms with Crippen LogP contribution in [-0.2, 0) is 6.54 Å². The van der Waals surface area contributed by atoms with E-state index in [0.29, 0.717) is 5.75 Å². The molecule has 0 aromatic heterocycles. The predicted octanol–water partition coefficient (Wildman–Crippen LogP) is 1.95. The topological polar surface area (TPSA) is 33.7 Å². The minimum atomic E-state index is -2.84. The van der Waals surface area contributed by atoms with Gasteiger partial charge in [0, 0.05) is 19.6 Å². The Labute approximate surface area is 123 Å². The number of ether oxygens (including phenoxy) is 2. The Hall–Kier alpha value is -1.40. The van der Waals surface area contributed by atoms with E-state index in [4.69, 9.17) is 4.74 Å². The number of hydrogen-bond acceptors (Lipinski definition) is 4. The third-order valence-corrected chi connectivity index (χ3v) is 4.32. The molecule has 116 valence electrons. The molecule has 2 saturated heterocycles. The molecule has 0 saturated carbocycles. The highest BCUT2D eigenvalue weighted by atomic mass is 19.3. The summed E-state index contributed by atoms with van der Waals surface area (Å²) in [7, 11) is 1.46. The molecule has 1 N–H and O–H groups in total. The Bertz CT molecular complexity index is 487. The van der Waals surface area contributed by atoms with E-state index in [1.807, 2.05) is 6.07 Å². The Morgan fingerprint density at radius 3 is 2.57 bits per heavy atom. The summed E-state index contributed by atoms with van der Waals surface area (Å²) in [4.78, 5) is 2.42. The van der Waals surface area contributed by atoms with Gasteiger partial charge in [-0.3, -0.25) is 4.90 Å². The van der Waals surface area contributed by atoms with Crippen LogP contribution in [0, 0.1) is 11.8 Å². The van der Waals surface area contributed by atoms with Crippen molar-refractivity contribution in [2.24, 2.45) is 11.8 Å². The second kappa shape index (κ2) is 6.15. The molecular weight excluding hydrogens is 278 g/mol. The van der Waals surface area contributed by atoms with E-state index < -0.39 is 6.61 Å². The molecule has 0 radical (unpaired) electrons. The number of nitrogens with one attached hydrogen (secondary N) is 1. The van der Waals surface area contributed by atoms with Gasteiger partial charge in [-0.1, -0.05) is 6.07 Å². The smallest absolute Gasteiger partial charge is 0.387 e. The van der Waals surface area contributed by atoms with E-state index in [2.05, 4.69) is 15.0 Å². The number of alkyl halides is 2. The van der Waals surface area contributed by atoms with Gasteiger partial charge in [-0.25, -0.2) is 0 Å². The molecule has 0 bridgehead atoms. The fourth-order valence-corrected chi connectivity index (χ4v) is 3.34. The van der Waals surface area contributed by atoms with Crippen molar-refractivity contribution in [1.29, 1.82) is 0 Å². The van der Waals surface area contributed by atoms with E-state index in [1.165, 1.54) is 7.11 Å². The lowest BCUT2D eigenvalue weighted by atomic mass is 10.0. The van der Waals surface area contributed by atoms with E-state index in [0.717, 1.165) is 50.1 Å². The molecule has 0 amide bonds. The molecule has 1 aromatic rings. The van der Waals surface area contributed by atoms with E-state index in [-0.39, 0.29) is 5.75 Å². The molecule has 3 rings (SSSR count). The van der Waals surface area contributed by atoms with E-state index >= 15 is 0 Å². The fourth-order valence-electron chi connectivity index (χ4n) is 3.34. The molecule has 1 aromatic carbocycles. The van der Waals surface area contributed by atoms with Gasteiger partial charge < -0.3 is 14.8 Å². The van der Waals surface area contributed by atoms with Crippen LogP contribution in [0.1, 0.15) is 5.56 Å². The van der Waals surface area contributed by atoms with Crippen LogP contribution in [0.15, 0.2) is 18.2 Å². The standard InChI is InChI=1S/C15H20F2N2O2/c1-20-14-4-10(2-3-13(14)21-15(16)17)7-19-8-11-5-18-6-12(11)9-19/h2-4,11-12,15,18H,5-9H2,1H3/t11-,12+. The Morgan fingerprint density at radius 2 is 1.95 bits per heavy atom. The zero-order valence-corrected chi connectivity index (χ0v) is 12.0. The van der Waals surface area contributed by atoms with Crippen LogP contribution in [0.3, 0.4) is 0 Å². The summed E-state index contributed by atoms with van der Waals surface area (Å²) in [5, 5.41) is 3.42. The largest absolute Gasteiger partial charge is 0.493 e. The van der Waals surface area contributed by atoms with E-state index in [1.54, 1.807) is 12.1 Å². The summed E-state index contributed by atoms with van der Waals surface area (Å²) < 4.78 is 34.2. The first-order chi connectivity index (χ1) is 10.2. The van der Waals surface area contributed by atoms with Crippen molar-refractivity contribution in [3.05, 3.63) is 23.8 Å². The van der Waals surface area contributed by atoms with Crippen molar-refractivity contribution < 1.29 is 18.3 Å². The molecule has 0 aliphatic carbocycles. The summed E-state index contributed by atoms with van der Waals surface area (Å²) in [6, 6.07) is 5.16. The average Bonchev–Trinajstić information content (AvgIpc) is 3.00. The van der Waals surface area contributed by atoms with Crippen LogP contribution in [0.5, 0.6) is 11.5 Å². The molecule has 2 atom stereocenters. The minimum absolute atomic E-state index is 0.0822. The maximum atomic E-state index is 12.3. The van der Waals surface area contributed by atoms with Crippen LogP contribution < -0.4 is 14.8 Å². The van der Waals surface area contributed by atoms with Gasteiger partial charge in [0.15, 0.2) is 11.5 Å². The SMILES string of the molecule is COc1cc(CN2C[C@H]3CNC[C@H]3C2)ccc1OC(F)F. The predicted molar refractivity (Wildman–Crippen MR) is 74.8 cm³/mol. The van der Waals surface area contributed by atoms with Crippen molar-refractivity contribution in [2.45, 2.75) is 13.2 Å². The molecule has 2 fully saturated rings.